The second kappa shape index (κ2) is 6.21. The molecule has 0 N–H and O–H groups in total. The lowest BCUT2D eigenvalue weighted by molar-refractivity contribution is 0.111. The normalized spacial score (nSPS) is 10.1. The molecule has 1 aromatic heterocycles. The summed E-state index contributed by atoms with van der Waals surface area (Å²) in [6.07, 6.45) is 2.82. The van der Waals surface area contributed by atoms with Crippen LogP contribution in [0.3, 0.4) is 0 Å². The fourth-order valence-electron chi connectivity index (χ4n) is 1.59. The van der Waals surface area contributed by atoms with Crippen molar-refractivity contribution < 1.29 is 9.53 Å². The van der Waals surface area contributed by atoms with Crippen molar-refractivity contribution in [3.8, 4) is 5.75 Å². The van der Waals surface area contributed by atoms with Gasteiger partial charge in [0.25, 0.3) is 0 Å². The van der Waals surface area contributed by atoms with E-state index in [1.165, 1.54) is 4.88 Å². The van der Waals surface area contributed by atoms with Gasteiger partial charge >= 0.3 is 0 Å². The van der Waals surface area contributed by atoms with E-state index in [4.69, 9.17) is 4.74 Å². The molecule has 17 heavy (non-hydrogen) atoms. The molecular formula is C14H14O2S. The van der Waals surface area contributed by atoms with Gasteiger partial charge < -0.3 is 4.74 Å². The third-order valence-electron chi connectivity index (χ3n) is 2.45. The van der Waals surface area contributed by atoms with Crippen molar-refractivity contribution in [2.45, 2.75) is 12.8 Å². The number of rotatable bonds is 6. The van der Waals surface area contributed by atoms with Crippen LogP contribution < -0.4 is 4.74 Å². The van der Waals surface area contributed by atoms with Crippen LogP contribution in [-0.4, -0.2) is 12.9 Å². The molecule has 1 heterocycles. The van der Waals surface area contributed by atoms with Crippen molar-refractivity contribution in [2.75, 3.05) is 6.61 Å². The van der Waals surface area contributed by atoms with Gasteiger partial charge in [-0.3, -0.25) is 4.79 Å². The second-order valence-electron chi connectivity index (χ2n) is 3.69. The fourth-order valence-corrected chi connectivity index (χ4v) is 2.34. The van der Waals surface area contributed by atoms with Crippen molar-refractivity contribution in [2.24, 2.45) is 0 Å². The Bertz CT molecular complexity index is 463. The van der Waals surface area contributed by atoms with E-state index >= 15 is 0 Å². The van der Waals surface area contributed by atoms with Gasteiger partial charge in [-0.15, -0.1) is 11.3 Å². The summed E-state index contributed by atoms with van der Waals surface area (Å²) in [5.41, 5.74) is 0.614. The van der Waals surface area contributed by atoms with Crippen LogP contribution in [0.15, 0.2) is 41.8 Å². The van der Waals surface area contributed by atoms with Crippen LogP contribution in [0.4, 0.5) is 0 Å². The van der Waals surface area contributed by atoms with Crippen LogP contribution in [0.1, 0.15) is 21.7 Å². The molecule has 0 unspecified atom stereocenters. The first kappa shape index (κ1) is 11.9. The number of ether oxygens (including phenoxy) is 1. The Hall–Kier alpha value is -1.61. The molecular weight excluding hydrogens is 232 g/mol. The number of hydrogen-bond acceptors (Lipinski definition) is 3. The molecule has 0 aliphatic carbocycles. The zero-order chi connectivity index (χ0) is 11.9. The van der Waals surface area contributed by atoms with Gasteiger partial charge in [0.15, 0.2) is 6.29 Å². The van der Waals surface area contributed by atoms with Crippen molar-refractivity contribution in [1.82, 2.24) is 0 Å². The number of para-hydroxylation sites is 1. The first-order valence-electron chi connectivity index (χ1n) is 5.59. The summed E-state index contributed by atoms with van der Waals surface area (Å²) in [6.45, 7) is 0.642. The minimum absolute atomic E-state index is 0.614. The predicted molar refractivity (Wildman–Crippen MR) is 70.0 cm³/mol. The Morgan fingerprint density at radius 3 is 2.82 bits per heavy atom. The van der Waals surface area contributed by atoms with Crippen LogP contribution in [0.5, 0.6) is 5.75 Å². The first-order valence-corrected chi connectivity index (χ1v) is 6.47. The smallest absolute Gasteiger partial charge is 0.153 e. The topological polar surface area (TPSA) is 26.3 Å². The van der Waals surface area contributed by atoms with E-state index in [2.05, 4.69) is 17.5 Å². The quantitative estimate of drug-likeness (QED) is 0.575. The Balaban J connectivity index is 1.80. The lowest BCUT2D eigenvalue weighted by Crippen LogP contribution is -2.00. The monoisotopic (exact) mass is 246 g/mol. The van der Waals surface area contributed by atoms with E-state index in [1.807, 2.05) is 18.2 Å². The molecule has 0 saturated heterocycles. The van der Waals surface area contributed by atoms with E-state index in [0.29, 0.717) is 17.9 Å². The molecule has 2 nitrogen and oxygen atoms in total. The molecule has 0 spiro atoms. The number of thiophene rings is 1. The Labute approximate surface area is 105 Å². The average molecular weight is 246 g/mol. The number of aldehydes is 1. The zero-order valence-electron chi connectivity index (χ0n) is 9.46. The van der Waals surface area contributed by atoms with Crippen LogP contribution in [0.2, 0.25) is 0 Å². The summed E-state index contributed by atoms with van der Waals surface area (Å²) in [4.78, 5) is 12.1. The molecule has 3 heteroatoms. The summed E-state index contributed by atoms with van der Waals surface area (Å²) < 4.78 is 5.60. The summed E-state index contributed by atoms with van der Waals surface area (Å²) in [5, 5.41) is 2.08. The molecule has 88 valence electrons. The molecule has 0 saturated carbocycles. The maximum atomic E-state index is 10.8. The van der Waals surface area contributed by atoms with Gasteiger partial charge in [-0.05, 0) is 36.4 Å². The average Bonchev–Trinajstić information content (AvgIpc) is 2.88. The maximum Gasteiger partial charge on any atom is 0.153 e. The highest BCUT2D eigenvalue weighted by molar-refractivity contribution is 7.09. The van der Waals surface area contributed by atoms with Crippen LogP contribution >= 0.6 is 11.3 Å². The number of carbonyl (C=O) groups excluding carboxylic acids is 1. The molecule has 0 radical (unpaired) electrons. The first-order chi connectivity index (χ1) is 8.40. The van der Waals surface area contributed by atoms with Gasteiger partial charge in [-0.2, -0.15) is 0 Å². The van der Waals surface area contributed by atoms with Crippen molar-refractivity contribution in [1.29, 1.82) is 0 Å². The molecule has 0 amide bonds. The van der Waals surface area contributed by atoms with E-state index in [9.17, 15) is 4.79 Å². The van der Waals surface area contributed by atoms with Crippen LogP contribution in [-0.2, 0) is 6.42 Å². The third kappa shape index (κ3) is 3.43. The van der Waals surface area contributed by atoms with Gasteiger partial charge in [-0.1, -0.05) is 18.2 Å². The molecule has 2 aromatic rings. The summed E-state index contributed by atoms with van der Waals surface area (Å²) in [6, 6.07) is 11.5. The molecule has 1 aromatic carbocycles. The van der Waals surface area contributed by atoms with Gasteiger partial charge in [0.05, 0.1) is 12.2 Å². The molecule has 2 rings (SSSR count). The molecule has 0 atom stereocenters. The standard InChI is InChI=1S/C14H14O2S/c15-11-12-5-1-2-8-14(12)16-9-3-6-13-7-4-10-17-13/h1-2,4-5,7-8,10-11H,3,6,9H2. The van der Waals surface area contributed by atoms with Gasteiger partial charge in [0, 0.05) is 4.88 Å². The fraction of sp³-hybridized carbons (Fsp3) is 0.214. The molecule has 0 aliphatic rings. The van der Waals surface area contributed by atoms with Gasteiger partial charge in [-0.25, -0.2) is 0 Å². The molecule has 0 fully saturated rings. The SMILES string of the molecule is O=Cc1ccccc1OCCCc1cccs1. The highest BCUT2D eigenvalue weighted by Gasteiger charge is 2.01. The van der Waals surface area contributed by atoms with E-state index < -0.39 is 0 Å². The maximum absolute atomic E-state index is 10.8. The minimum Gasteiger partial charge on any atom is -0.493 e. The number of benzene rings is 1. The van der Waals surface area contributed by atoms with Gasteiger partial charge in [0.1, 0.15) is 5.75 Å². The summed E-state index contributed by atoms with van der Waals surface area (Å²) in [5.74, 6) is 0.675. The van der Waals surface area contributed by atoms with Crippen molar-refractivity contribution in [3.63, 3.8) is 0 Å². The highest BCUT2D eigenvalue weighted by atomic mass is 32.1. The number of hydrogen-bond donors (Lipinski definition) is 0. The lowest BCUT2D eigenvalue weighted by atomic mass is 10.2. The predicted octanol–water partition coefficient (Wildman–Crippen LogP) is 3.57. The van der Waals surface area contributed by atoms with Gasteiger partial charge in [0.2, 0.25) is 0 Å². The van der Waals surface area contributed by atoms with Crippen molar-refractivity contribution >= 4 is 17.6 Å². The number of aryl methyl sites for hydroxylation is 1. The van der Waals surface area contributed by atoms with E-state index in [1.54, 1.807) is 17.4 Å². The lowest BCUT2D eigenvalue weighted by Gasteiger charge is -2.07. The Morgan fingerprint density at radius 2 is 2.06 bits per heavy atom. The molecule has 0 aliphatic heterocycles. The zero-order valence-corrected chi connectivity index (χ0v) is 10.3. The second-order valence-corrected chi connectivity index (χ2v) is 4.72. The third-order valence-corrected chi connectivity index (χ3v) is 3.39. The van der Waals surface area contributed by atoms with Crippen LogP contribution in [0, 0.1) is 0 Å². The Morgan fingerprint density at radius 1 is 1.18 bits per heavy atom. The van der Waals surface area contributed by atoms with Crippen molar-refractivity contribution in [3.05, 3.63) is 52.2 Å². The number of carbonyl (C=O) groups is 1. The highest BCUT2D eigenvalue weighted by Crippen LogP contribution is 2.16. The van der Waals surface area contributed by atoms with E-state index in [0.717, 1.165) is 19.1 Å². The van der Waals surface area contributed by atoms with Crippen LogP contribution in [0.25, 0.3) is 0 Å². The Kier molecular flexibility index (Phi) is 4.33. The molecule has 0 bridgehead atoms. The summed E-state index contributed by atoms with van der Waals surface area (Å²) in [7, 11) is 0. The largest absolute Gasteiger partial charge is 0.493 e. The van der Waals surface area contributed by atoms with E-state index in [-0.39, 0.29) is 0 Å². The minimum atomic E-state index is 0.614. The summed E-state index contributed by atoms with van der Waals surface area (Å²) >= 11 is 1.77.